The maximum absolute atomic E-state index is 14.0. The van der Waals surface area contributed by atoms with Crippen LogP contribution in [0.2, 0.25) is 5.02 Å². The number of ether oxygens (including phenoxy) is 1. The fourth-order valence-corrected chi connectivity index (χ4v) is 3.09. The minimum Gasteiger partial charge on any atom is -0.444 e. The summed E-state index contributed by atoms with van der Waals surface area (Å²) in [7, 11) is 0. The molecule has 4 nitrogen and oxygen atoms in total. The van der Waals surface area contributed by atoms with Crippen LogP contribution in [0.5, 0.6) is 0 Å². The van der Waals surface area contributed by atoms with Crippen molar-refractivity contribution in [3.63, 3.8) is 0 Å². The predicted octanol–water partition coefficient (Wildman–Crippen LogP) is 4.00. The van der Waals surface area contributed by atoms with Crippen LogP contribution < -0.4 is 0 Å². The van der Waals surface area contributed by atoms with Gasteiger partial charge in [0, 0.05) is 18.7 Å². The van der Waals surface area contributed by atoms with Crippen LogP contribution in [-0.2, 0) is 9.53 Å². The fourth-order valence-electron chi connectivity index (χ4n) is 2.85. The molecule has 2 aromatic carbocycles. The Hall–Kier alpha value is -2.40. The molecule has 0 unspecified atom stereocenters. The van der Waals surface area contributed by atoms with Gasteiger partial charge in [0.1, 0.15) is 11.4 Å². The first kappa shape index (κ1) is 17.4. The number of benzene rings is 2. The third-order valence-corrected chi connectivity index (χ3v) is 4.45. The molecule has 0 radical (unpaired) electrons. The Morgan fingerprint density at radius 2 is 1.72 bits per heavy atom. The summed E-state index contributed by atoms with van der Waals surface area (Å²) in [6.07, 6.45) is 0.711. The lowest BCUT2D eigenvalue weighted by Crippen LogP contribution is -2.35. The molecule has 130 valence electrons. The maximum Gasteiger partial charge on any atom is 0.343 e. The van der Waals surface area contributed by atoms with Gasteiger partial charge in [0.25, 0.3) is 5.91 Å². The zero-order valence-electron chi connectivity index (χ0n) is 13.5. The third kappa shape index (κ3) is 3.82. The molecule has 1 aliphatic heterocycles. The first-order valence-electron chi connectivity index (χ1n) is 8.06. The van der Waals surface area contributed by atoms with Gasteiger partial charge in [-0.2, -0.15) is 0 Å². The van der Waals surface area contributed by atoms with E-state index in [1.54, 1.807) is 35.2 Å². The molecular weight excluding hydrogens is 345 g/mol. The van der Waals surface area contributed by atoms with Crippen molar-refractivity contribution in [2.45, 2.75) is 18.9 Å². The standard InChI is InChI=1S/C19H17ClFNO3/c20-14-9-6-10-15(21)16(14)19(24)25-17(13-7-2-1-3-8-13)18(23)22-11-4-5-12-22/h1-3,6-10,17H,4-5,11-12H2/t17-/m1/s1. The average molecular weight is 362 g/mol. The van der Waals surface area contributed by atoms with Gasteiger partial charge in [-0.25, -0.2) is 9.18 Å². The van der Waals surface area contributed by atoms with Crippen LogP contribution in [0.4, 0.5) is 4.39 Å². The number of rotatable bonds is 4. The van der Waals surface area contributed by atoms with Crippen LogP contribution in [0.1, 0.15) is 34.9 Å². The van der Waals surface area contributed by atoms with Crippen molar-refractivity contribution in [2.75, 3.05) is 13.1 Å². The smallest absolute Gasteiger partial charge is 0.343 e. The highest BCUT2D eigenvalue weighted by molar-refractivity contribution is 6.33. The van der Waals surface area contributed by atoms with Crippen molar-refractivity contribution in [3.05, 3.63) is 70.5 Å². The second-order valence-electron chi connectivity index (χ2n) is 5.83. The van der Waals surface area contributed by atoms with E-state index in [2.05, 4.69) is 0 Å². The molecule has 1 aliphatic rings. The monoisotopic (exact) mass is 361 g/mol. The zero-order valence-corrected chi connectivity index (χ0v) is 14.2. The first-order valence-corrected chi connectivity index (χ1v) is 8.44. The van der Waals surface area contributed by atoms with Gasteiger partial charge in [-0.3, -0.25) is 4.79 Å². The molecule has 0 aromatic heterocycles. The number of carbonyl (C=O) groups excluding carboxylic acids is 2. The van der Waals surface area contributed by atoms with Crippen molar-refractivity contribution < 1.29 is 18.7 Å². The van der Waals surface area contributed by atoms with E-state index in [4.69, 9.17) is 16.3 Å². The highest BCUT2D eigenvalue weighted by Gasteiger charge is 2.32. The molecule has 1 fully saturated rings. The molecule has 2 aromatic rings. The summed E-state index contributed by atoms with van der Waals surface area (Å²) in [5, 5.41) is -0.0505. The van der Waals surface area contributed by atoms with Crippen molar-refractivity contribution in [2.24, 2.45) is 0 Å². The maximum atomic E-state index is 14.0. The van der Waals surface area contributed by atoms with E-state index in [-0.39, 0.29) is 16.5 Å². The van der Waals surface area contributed by atoms with Gasteiger partial charge in [-0.1, -0.05) is 48.0 Å². The molecule has 1 atom stereocenters. The molecular formula is C19H17ClFNO3. The zero-order chi connectivity index (χ0) is 17.8. The number of likely N-dealkylation sites (tertiary alicyclic amines) is 1. The van der Waals surface area contributed by atoms with E-state index in [1.165, 1.54) is 12.1 Å². The van der Waals surface area contributed by atoms with Gasteiger partial charge in [0.05, 0.1) is 5.02 Å². The molecule has 0 saturated carbocycles. The molecule has 1 heterocycles. The molecule has 1 amide bonds. The minimum atomic E-state index is -1.12. The lowest BCUT2D eigenvalue weighted by Gasteiger charge is -2.23. The summed E-state index contributed by atoms with van der Waals surface area (Å²) in [5.41, 5.74) is 0.180. The Morgan fingerprint density at radius 3 is 2.36 bits per heavy atom. The summed E-state index contributed by atoms with van der Waals surface area (Å²) in [5.74, 6) is -2.04. The van der Waals surface area contributed by atoms with Crippen LogP contribution in [0.3, 0.4) is 0 Å². The van der Waals surface area contributed by atoms with Crippen LogP contribution in [0.15, 0.2) is 48.5 Å². The number of hydrogen-bond donors (Lipinski definition) is 0. The van der Waals surface area contributed by atoms with Crippen LogP contribution >= 0.6 is 11.6 Å². The number of esters is 1. The van der Waals surface area contributed by atoms with E-state index >= 15 is 0 Å². The Bertz CT molecular complexity index is 755. The third-order valence-electron chi connectivity index (χ3n) is 4.14. The van der Waals surface area contributed by atoms with Gasteiger partial charge in [-0.15, -0.1) is 0 Å². The van der Waals surface area contributed by atoms with E-state index in [9.17, 15) is 14.0 Å². The minimum absolute atomic E-state index is 0.0505. The number of carbonyl (C=O) groups is 2. The molecule has 6 heteroatoms. The molecule has 0 aliphatic carbocycles. The summed E-state index contributed by atoms with van der Waals surface area (Å²) < 4.78 is 19.4. The number of amides is 1. The molecule has 3 rings (SSSR count). The van der Waals surface area contributed by atoms with E-state index in [1.807, 2.05) is 0 Å². The van der Waals surface area contributed by atoms with Crippen LogP contribution in [0, 0.1) is 5.82 Å². The second-order valence-corrected chi connectivity index (χ2v) is 6.23. The SMILES string of the molecule is O=C(O[C@@H](C(=O)N1CCCC1)c1ccccc1)c1c(F)cccc1Cl. The lowest BCUT2D eigenvalue weighted by molar-refractivity contribution is -0.140. The Morgan fingerprint density at radius 1 is 1.04 bits per heavy atom. The van der Waals surface area contributed by atoms with Crippen molar-refractivity contribution in [1.29, 1.82) is 0 Å². The van der Waals surface area contributed by atoms with Gasteiger partial charge in [0.2, 0.25) is 6.10 Å². The van der Waals surface area contributed by atoms with Gasteiger partial charge < -0.3 is 9.64 Å². The quantitative estimate of drug-likeness (QED) is 0.773. The normalized spacial score (nSPS) is 15.0. The molecule has 1 saturated heterocycles. The first-order chi connectivity index (χ1) is 12.1. The highest BCUT2D eigenvalue weighted by atomic mass is 35.5. The second kappa shape index (κ2) is 7.66. The summed E-state index contributed by atoms with van der Waals surface area (Å²) in [4.78, 5) is 26.9. The van der Waals surface area contributed by atoms with Crippen LogP contribution in [0.25, 0.3) is 0 Å². The van der Waals surface area contributed by atoms with Gasteiger partial charge >= 0.3 is 5.97 Å². The number of hydrogen-bond acceptors (Lipinski definition) is 3. The summed E-state index contributed by atoms with van der Waals surface area (Å²) in [6.45, 7) is 1.25. The van der Waals surface area contributed by atoms with Gasteiger partial charge in [-0.05, 0) is 25.0 Å². The lowest BCUT2D eigenvalue weighted by atomic mass is 10.1. The predicted molar refractivity (Wildman–Crippen MR) is 91.8 cm³/mol. The largest absolute Gasteiger partial charge is 0.444 e. The average Bonchev–Trinajstić information content (AvgIpc) is 3.14. The highest BCUT2D eigenvalue weighted by Crippen LogP contribution is 2.27. The topological polar surface area (TPSA) is 46.6 Å². The Balaban J connectivity index is 1.89. The summed E-state index contributed by atoms with van der Waals surface area (Å²) >= 11 is 5.92. The van der Waals surface area contributed by atoms with E-state index in [0.717, 1.165) is 18.9 Å². The Labute approximate surface area is 150 Å². The van der Waals surface area contributed by atoms with E-state index in [0.29, 0.717) is 18.7 Å². The molecule has 0 spiro atoms. The van der Waals surface area contributed by atoms with Crippen molar-refractivity contribution in [3.8, 4) is 0 Å². The number of nitrogens with zero attached hydrogens (tertiary/aromatic N) is 1. The fraction of sp³-hybridized carbons (Fsp3) is 0.263. The summed E-state index contributed by atoms with van der Waals surface area (Å²) in [6, 6.07) is 12.6. The number of halogens is 2. The van der Waals surface area contributed by atoms with Crippen LogP contribution in [-0.4, -0.2) is 29.9 Å². The van der Waals surface area contributed by atoms with Crippen molar-refractivity contribution in [1.82, 2.24) is 4.90 Å². The molecule has 25 heavy (non-hydrogen) atoms. The Kier molecular flexibility index (Phi) is 5.34. The van der Waals surface area contributed by atoms with Gasteiger partial charge in [0.15, 0.2) is 0 Å². The van der Waals surface area contributed by atoms with E-state index < -0.39 is 17.9 Å². The van der Waals surface area contributed by atoms with Crippen molar-refractivity contribution >= 4 is 23.5 Å². The molecule has 0 N–H and O–H groups in total. The molecule has 0 bridgehead atoms.